The van der Waals surface area contributed by atoms with Crippen LogP contribution in [0.3, 0.4) is 0 Å². The molecule has 3 nitrogen and oxygen atoms in total. The van der Waals surface area contributed by atoms with Crippen LogP contribution in [0.4, 0.5) is 0 Å². The van der Waals surface area contributed by atoms with Gasteiger partial charge in [-0.1, -0.05) is 74.5 Å². The number of benzene rings is 2. The van der Waals surface area contributed by atoms with E-state index in [9.17, 15) is 5.11 Å². The minimum Gasteiger partial charge on any atom is -0.381 e. The summed E-state index contributed by atoms with van der Waals surface area (Å²) in [5.74, 6) is -0.0582. The molecule has 1 atom stereocenters. The second-order valence-corrected chi connectivity index (χ2v) is 6.34. The van der Waals surface area contributed by atoms with Crippen molar-refractivity contribution < 1.29 is 9.84 Å². The number of halogens is 1. The van der Waals surface area contributed by atoms with Crippen LogP contribution >= 0.6 is 12.4 Å². The molecule has 2 aromatic rings. The molecule has 2 aromatic carbocycles. The van der Waals surface area contributed by atoms with Gasteiger partial charge in [0.2, 0.25) is 0 Å². The molecular weight excluding hydrogens is 346 g/mol. The minimum atomic E-state index is -1.08. The van der Waals surface area contributed by atoms with Crippen molar-refractivity contribution in [3.05, 3.63) is 71.8 Å². The third kappa shape index (κ3) is 5.31. The zero-order valence-corrected chi connectivity index (χ0v) is 16.9. The van der Waals surface area contributed by atoms with Gasteiger partial charge in [0.1, 0.15) is 5.60 Å². The molecule has 1 N–H and O–H groups in total. The normalized spacial score (nSPS) is 12.7. The summed E-state index contributed by atoms with van der Waals surface area (Å²) in [7, 11) is 0. The molecule has 0 bridgehead atoms. The Balaban J connectivity index is 0.00000338. The number of hydrogen-bond acceptors (Lipinski definition) is 3. The Kier molecular flexibility index (Phi) is 9.89. The van der Waals surface area contributed by atoms with Crippen LogP contribution < -0.4 is 0 Å². The maximum atomic E-state index is 12.0. The van der Waals surface area contributed by atoms with E-state index in [1.807, 2.05) is 67.6 Å². The van der Waals surface area contributed by atoms with Crippen LogP contribution in [-0.4, -0.2) is 42.9 Å². The van der Waals surface area contributed by atoms with E-state index < -0.39 is 5.60 Å². The van der Waals surface area contributed by atoms with Crippen molar-refractivity contribution in [2.75, 3.05) is 32.8 Å². The van der Waals surface area contributed by atoms with Gasteiger partial charge in [-0.05, 0) is 31.1 Å². The molecule has 0 heterocycles. The first-order valence-electron chi connectivity index (χ1n) is 9.30. The number of aliphatic hydroxyl groups is 1. The van der Waals surface area contributed by atoms with E-state index >= 15 is 0 Å². The summed E-state index contributed by atoms with van der Waals surface area (Å²) in [5, 5.41) is 12.0. The van der Waals surface area contributed by atoms with Crippen molar-refractivity contribution in [3.63, 3.8) is 0 Å². The highest BCUT2D eigenvalue weighted by Crippen LogP contribution is 2.37. The van der Waals surface area contributed by atoms with Crippen molar-refractivity contribution in [1.82, 2.24) is 4.90 Å². The Bertz CT molecular complexity index is 563. The van der Waals surface area contributed by atoms with Crippen LogP contribution in [0.2, 0.25) is 0 Å². The molecule has 2 rings (SSSR count). The van der Waals surface area contributed by atoms with Crippen LogP contribution in [0.15, 0.2) is 60.7 Å². The van der Waals surface area contributed by atoms with Crippen LogP contribution in [0.5, 0.6) is 0 Å². The average Bonchev–Trinajstić information content (AvgIpc) is 2.69. The van der Waals surface area contributed by atoms with Gasteiger partial charge < -0.3 is 14.7 Å². The Hall–Kier alpha value is -1.39. The van der Waals surface area contributed by atoms with Crippen LogP contribution in [-0.2, 0) is 10.3 Å². The fraction of sp³-hybridized carbons (Fsp3) is 0.455. The first-order chi connectivity index (χ1) is 12.2. The second-order valence-electron chi connectivity index (χ2n) is 6.34. The fourth-order valence-electron chi connectivity index (χ4n) is 3.38. The summed E-state index contributed by atoms with van der Waals surface area (Å²) < 4.78 is 5.79. The lowest BCUT2D eigenvalue weighted by atomic mass is 9.76. The smallest absolute Gasteiger partial charge is 0.121 e. The van der Waals surface area contributed by atoms with Crippen molar-refractivity contribution in [2.24, 2.45) is 5.92 Å². The predicted octanol–water partition coefficient (Wildman–Crippen LogP) is 4.34. The van der Waals surface area contributed by atoms with Gasteiger partial charge >= 0.3 is 0 Å². The van der Waals surface area contributed by atoms with Gasteiger partial charge in [-0.3, -0.25) is 0 Å². The fourth-order valence-corrected chi connectivity index (χ4v) is 3.38. The molecular formula is C22H32ClNO2. The highest BCUT2D eigenvalue weighted by Gasteiger charge is 2.40. The van der Waals surface area contributed by atoms with Gasteiger partial charge in [-0.2, -0.15) is 0 Å². The predicted molar refractivity (Wildman–Crippen MR) is 111 cm³/mol. The standard InChI is InChI=1S/C22H31NO2.ClH/c1-4-23(5-2)17-21(18-25-6-3)22(24,19-13-9-7-10-14-19)20-15-11-8-12-16-20;/h7-16,21,24H,4-6,17-18H2,1-3H3;1H. The number of hydrogen-bond donors (Lipinski definition) is 1. The van der Waals surface area contributed by atoms with Gasteiger partial charge in [0.15, 0.2) is 0 Å². The molecule has 0 aliphatic rings. The monoisotopic (exact) mass is 377 g/mol. The first-order valence-corrected chi connectivity index (χ1v) is 9.30. The summed E-state index contributed by atoms with van der Waals surface area (Å²) in [6, 6.07) is 19.9. The highest BCUT2D eigenvalue weighted by molar-refractivity contribution is 5.85. The van der Waals surface area contributed by atoms with Gasteiger partial charge in [0.25, 0.3) is 0 Å². The third-order valence-corrected chi connectivity index (χ3v) is 4.91. The molecule has 0 saturated heterocycles. The lowest BCUT2D eigenvalue weighted by Gasteiger charge is -2.39. The molecule has 1 unspecified atom stereocenters. The van der Waals surface area contributed by atoms with E-state index in [0.717, 1.165) is 30.8 Å². The van der Waals surface area contributed by atoms with Gasteiger partial charge in [-0.25, -0.2) is 0 Å². The molecule has 0 aromatic heterocycles. The van der Waals surface area contributed by atoms with E-state index in [4.69, 9.17) is 4.74 Å². The molecule has 0 aliphatic carbocycles. The van der Waals surface area contributed by atoms with E-state index in [1.165, 1.54) is 0 Å². The topological polar surface area (TPSA) is 32.7 Å². The molecule has 0 aliphatic heterocycles. The molecule has 4 heteroatoms. The molecule has 0 spiro atoms. The lowest BCUT2D eigenvalue weighted by molar-refractivity contribution is -0.0411. The van der Waals surface area contributed by atoms with Crippen LogP contribution in [0, 0.1) is 5.92 Å². The number of rotatable bonds is 10. The molecule has 26 heavy (non-hydrogen) atoms. The zero-order chi connectivity index (χ0) is 18.1. The van der Waals surface area contributed by atoms with Crippen molar-refractivity contribution in [3.8, 4) is 0 Å². The highest BCUT2D eigenvalue weighted by atomic mass is 35.5. The van der Waals surface area contributed by atoms with E-state index in [1.54, 1.807) is 0 Å². The van der Waals surface area contributed by atoms with E-state index in [2.05, 4.69) is 18.7 Å². The first kappa shape index (κ1) is 22.7. The summed E-state index contributed by atoms with van der Waals surface area (Å²) in [6.07, 6.45) is 0. The van der Waals surface area contributed by atoms with Crippen LogP contribution in [0.25, 0.3) is 0 Å². The maximum absolute atomic E-state index is 12.0. The molecule has 0 saturated carbocycles. The third-order valence-electron chi connectivity index (χ3n) is 4.91. The molecule has 0 amide bonds. The van der Waals surface area contributed by atoms with Gasteiger partial charge in [0.05, 0.1) is 6.61 Å². The molecule has 0 fully saturated rings. The maximum Gasteiger partial charge on any atom is 0.121 e. The number of ether oxygens (including phenoxy) is 1. The molecule has 0 radical (unpaired) electrons. The summed E-state index contributed by atoms with van der Waals surface area (Å²) >= 11 is 0. The number of nitrogens with zero attached hydrogens (tertiary/aromatic N) is 1. The Labute approximate surface area is 164 Å². The minimum absolute atomic E-state index is 0. The van der Waals surface area contributed by atoms with Crippen LogP contribution in [0.1, 0.15) is 31.9 Å². The largest absolute Gasteiger partial charge is 0.381 e. The Morgan fingerprint density at radius 2 is 1.35 bits per heavy atom. The summed E-state index contributed by atoms with van der Waals surface area (Å²) in [5.41, 5.74) is 0.747. The Morgan fingerprint density at radius 1 is 0.885 bits per heavy atom. The quantitative estimate of drug-likeness (QED) is 0.668. The van der Waals surface area contributed by atoms with Crippen molar-refractivity contribution in [2.45, 2.75) is 26.4 Å². The zero-order valence-electron chi connectivity index (χ0n) is 16.1. The van der Waals surface area contributed by atoms with Gasteiger partial charge in [-0.15, -0.1) is 12.4 Å². The summed E-state index contributed by atoms with van der Waals surface area (Å²) in [6.45, 7) is 10.2. The van der Waals surface area contributed by atoms with E-state index in [-0.39, 0.29) is 18.3 Å². The average molecular weight is 378 g/mol. The lowest BCUT2D eigenvalue weighted by Crippen LogP contribution is -2.45. The Morgan fingerprint density at radius 3 is 1.73 bits per heavy atom. The van der Waals surface area contributed by atoms with Crippen molar-refractivity contribution in [1.29, 1.82) is 0 Å². The second kappa shape index (κ2) is 11.3. The van der Waals surface area contributed by atoms with E-state index in [0.29, 0.717) is 13.2 Å². The molecule has 144 valence electrons. The SMILES string of the molecule is CCOCC(CN(CC)CC)C(O)(c1ccccc1)c1ccccc1.Cl. The summed E-state index contributed by atoms with van der Waals surface area (Å²) in [4.78, 5) is 2.35. The van der Waals surface area contributed by atoms with Gasteiger partial charge in [0, 0.05) is 19.1 Å². The van der Waals surface area contributed by atoms with Crippen molar-refractivity contribution >= 4 is 12.4 Å².